The van der Waals surface area contributed by atoms with Crippen LogP contribution in [0.3, 0.4) is 0 Å². The summed E-state index contributed by atoms with van der Waals surface area (Å²) in [7, 11) is 1.41. The van der Waals surface area contributed by atoms with E-state index in [1.165, 1.54) is 13.2 Å². The molecule has 170 valence electrons. The maximum atomic E-state index is 13.9. The molecule has 3 heterocycles. The molecule has 0 saturated carbocycles. The van der Waals surface area contributed by atoms with Crippen LogP contribution >= 0.6 is 43.5 Å². The Labute approximate surface area is 201 Å². The summed E-state index contributed by atoms with van der Waals surface area (Å²) in [6, 6.07) is 5.02. The average molecular weight is 599 g/mol. The number of carbonyl (C=O) groups is 1. The van der Waals surface area contributed by atoms with Crippen LogP contribution in [0.2, 0.25) is 5.02 Å². The number of nitrogens with one attached hydrogen (secondary N) is 2. The first-order valence-corrected chi connectivity index (χ1v) is 11.1. The molecule has 1 aliphatic rings. The zero-order chi connectivity index (χ0) is 23.2. The van der Waals surface area contributed by atoms with E-state index in [-0.39, 0.29) is 28.1 Å². The molecule has 1 aliphatic heterocycles. The summed E-state index contributed by atoms with van der Waals surface area (Å²) in [5.74, 6) is -0.0728. The lowest BCUT2D eigenvalue weighted by molar-refractivity contribution is -0.174. The smallest absolute Gasteiger partial charge is 0.410 e. The fourth-order valence-electron chi connectivity index (χ4n) is 3.40. The second-order valence-corrected chi connectivity index (χ2v) is 8.90. The number of methoxy groups -OCH3 is 1. The largest absolute Gasteiger partial charge is 0.495 e. The first-order valence-electron chi connectivity index (χ1n) is 9.10. The van der Waals surface area contributed by atoms with Crippen molar-refractivity contribution in [1.29, 1.82) is 0 Å². The summed E-state index contributed by atoms with van der Waals surface area (Å²) < 4.78 is 53.5. The van der Waals surface area contributed by atoms with Crippen molar-refractivity contribution in [3.63, 3.8) is 0 Å². The summed E-state index contributed by atoms with van der Waals surface area (Å²) in [5, 5.41) is 9.87. The lowest BCUT2D eigenvalue weighted by Gasteiger charge is -2.32. The zero-order valence-corrected chi connectivity index (χ0v) is 20.1. The van der Waals surface area contributed by atoms with Gasteiger partial charge < -0.3 is 19.8 Å². The topological polar surface area (TPSA) is 81.3 Å². The van der Waals surface area contributed by atoms with Gasteiger partial charge in [-0.3, -0.25) is 4.79 Å². The molecule has 32 heavy (non-hydrogen) atoms. The molecule has 1 aromatic carbocycles. The van der Waals surface area contributed by atoms with E-state index in [4.69, 9.17) is 20.8 Å². The number of hydrogen-bond acceptors (Lipinski definition) is 5. The molecule has 2 N–H and O–H groups in total. The highest BCUT2D eigenvalue weighted by molar-refractivity contribution is 9.10. The summed E-state index contributed by atoms with van der Waals surface area (Å²) in [5.41, 5.74) is 0.0200. The average Bonchev–Trinajstić information content (AvgIpc) is 3.30. The van der Waals surface area contributed by atoms with Crippen molar-refractivity contribution in [3.05, 3.63) is 56.0 Å². The lowest BCUT2D eigenvalue weighted by Crippen LogP contribution is -2.35. The number of nitrogens with zero attached hydrogens (tertiary/aromatic N) is 2. The molecule has 4 rings (SSSR count). The Bertz CT molecular complexity index is 1180. The number of benzene rings is 1. The predicted octanol–water partition coefficient (Wildman–Crippen LogP) is 6.58. The van der Waals surface area contributed by atoms with Crippen molar-refractivity contribution in [1.82, 2.24) is 9.78 Å². The summed E-state index contributed by atoms with van der Waals surface area (Å²) >= 11 is 12.4. The molecule has 0 spiro atoms. The van der Waals surface area contributed by atoms with E-state index in [0.717, 1.165) is 4.68 Å². The van der Waals surface area contributed by atoms with Gasteiger partial charge in [0.15, 0.2) is 16.4 Å². The zero-order valence-electron chi connectivity index (χ0n) is 16.1. The molecule has 0 bridgehead atoms. The summed E-state index contributed by atoms with van der Waals surface area (Å²) in [4.78, 5) is 12.9. The molecule has 1 amide bonds. The van der Waals surface area contributed by atoms with E-state index in [2.05, 4.69) is 47.6 Å². The molecule has 2 aromatic heterocycles. The highest BCUT2D eigenvalue weighted by Crippen LogP contribution is 2.46. The molecule has 13 heteroatoms. The van der Waals surface area contributed by atoms with E-state index in [1.54, 1.807) is 24.3 Å². The molecular formula is C19H14Br2ClF3N4O3. The first kappa shape index (κ1) is 23.0. The van der Waals surface area contributed by atoms with Crippen LogP contribution in [0.4, 0.5) is 24.7 Å². The van der Waals surface area contributed by atoms with Crippen molar-refractivity contribution >= 4 is 60.9 Å². The maximum absolute atomic E-state index is 13.9. The second kappa shape index (κ2) is 8.64. The third-order valence-electron chi connectivity index (χ3n) is 4.86. The van der Waals surface area contributed by atoms with Gasteiger partial charge in [-0.1, -0.05) is 11.6 Å². The number of alkyl halides is 3. The number of amides is 1. The van der Waals surface area contributed by atoms with E-state index in [1.807, 2.05) is 0 Å². The van der Waals surface area contributed by atoms with E-state index < -0.39 is 24.2 Å². The van der Waals surface area contributed by atoms with Crippen LogP contribution in [0.25, 0.3) is 0 Å². The Morgan fingerprint density at radius 2 is 2.09 bits per heavy atom. The van der Waals surface area contributed by atoms with Crippen molar-refractivity contribution in [2.24, 2.45) is 0 Å². The first-order chi connectivity index (χ1) is 15.1. The molecule has 2 unspecified atom stereocenters. The van der Waals surface area contributed by atoms with E-state index in [0.29, 0.717) is 21.2 Å². The molecule has 7 nitrogen and oxygen atoms in total. The fourth-order valence-corrected chi connectivity index (χ4v) is 4.44. The van der Waals surface area contributed by atoms with Crippen LogP contribution in [0, 0.1) is 0 Å². The number of halogens is 6. The highest BCUT2D eigenvalue weighted by Gasteiger charge is 2.48. The van der Waals surface area contributed by atoms with Gasteiger partial charge in [0.05, 0.1) is 23.3 Å². The summed E-state index contributed by atoms with van der Waals surface area (Å²) in [6.07, 6.45) is -4.97. The van der Waals surface area contributed by atoms with Crippen molar-refractivity contribution in [2.75, 3.05) is 17.7 Å². The minimum Gasteiger partial charge on any atom is -0.495 e. The van der Waals surface area contributed by atoms with E-state index in [9.17, 15) is 18.0 Å². The van der Waals surface area contributed by atoms with Gasteiger partial charge in [0, 0.05) is 11.4 Å². The van der Waals surface area contributed by atoms with Crippen LogP contribution in [-0.4, -0.2) is 29.0 Å². The number of anilines is 2. The Morgan fingerprint density at radius 3 is 2.72 bits per heavy atom. The molecule has 0 aliphatic carbocycles. The number of rotatable bonds is 4. The Kier molecular flexibility index (Phi) is 6.21. The van der Waals surface area contributed by atoms with Crippen molar-refractivity contribution in [3.8, 4) is 5.75 Å². The van der Waals surface area contributed by atoms with Crippen LogP contribution in [0.1, 0.15) is 34.8 Å². The standard InChI is InChI=1S/C19H14Br2ClF3N4O3/c1-31-11-3-2-8(22)6-9(11)27-18(30)16-15(21)17-26-10(12-4-5-14(20)32-12)7-13(19(23,24)25)29(17)28-16/h2-6,10,13,26H,7H2,1H3,(H,27,30). The quantitative estimate of drug-likeness (QED) is 0.355. The third kappa shape index (κ3) is 4.35. The van der Waals surface area contributed by atoms with Gasteiger partial charge in [-0.15, -0.1) is 0 Å². The van der Waals surface area contributed by atoms with E-state index >= 15 is 0 Å². The molecule has 0 fully saturated rings. The maximum Gasteiger partial charge on any atom is 0.410 e. The Morgan fingerprint density at radius 1 is 1.34 bits per heavy atom. The van der Waals surface area contributed by atoms with Crippen molar-refractivity contribution in [2.45, 2.75) is 24.7 Å². The number of hydrogen-bond donors (Lipinski definition) is 2. The van der Waals surface area contributed by atoms with Crippen LogP contribution in [0.5, 0.6) is 5.75 Å². The van der Waals surface area contributed by atoms with Crippen LogP contribution in [-0.2, 0) is 0 Å². The molecule has 2 atom stereocenters. The Balaban J connectivity index is 1.71. The van der Waals surface area contributed by atoms with Gasteiger partial charge in [0.2, 0.25) is 0 Å². The SMILES string of the molecule is COc1ccc(Cl)cc1NC(=O)c1nn2c(c1Br)NC(c1ccc(Br)o1)CC2C(F)(F)F. The van der Waals surface area contributed by atoms with Gasteiger partial charge in [-0.25, -0.2) is 4.68 Å². The van der Waals surface area contributed by atoms with Crippen molar-refractivity contribution < 1.29 is 27.1 Å². The van der Waals surface area contributed by atoms with Crippen LogP contribution < -0.4 is 15.4 Å². The number of fused-ring (bicyclic) bond motifs is 1. The number of aromatic nitrogens is 2. The van der Waals surface area contributed by atoms with Gasteiger partial charge >= 0.3 is 6.18 Å². The van der Waals surface area contributed by atoms with Gasteiger partial charge in [-0.2, -0.15) is 18.3 Å². The second-order valence-electron chi connectivity index (χ2n) is 6.89. The number of furan rings is 1. The van der Waals surface area contributed by atoms with Gasteiger partial charge in [0.25, 0.3) is 5.91 Å². The monoisotopic (exact) mass is 596 g/mol. The summed E-state index contributed by atoms with van der Waals surface area (Å²) in [6.45, 7) is 0. The molecule has 0 radical (unpaired) electrons. The highest BCUT2D eigenvalue weighted by atomic mass is 79.9. The number of ether oxygens (including phenoxy) is 1. The third-order valence-corrected chi connectivity index (χ3v) is 6.27. The number of carbonyl (C=O) groups excluding carboxylic acids is 1. The molecule has 0 saturated heterocycles. The van der Waals surface area contributed by atoms with Gasteiger partial charge in [0.1, 0.15) is 17.3 Å². The Hall–Kier alpha value is -2.18. The molecular weight excluding hydrogens is 584 g/mol. The van der Waals surface area contributed by atoms with Gasteiger partial charge in [-0.05, 0) is 62.2 Å². The minimum absolute atomic E-state index is 0.0132. The minimum atomic E-state index is -4.60. The molecule has 3 aromatic rings. The lowest BCUT2D eigenvalue weighted by atomic mass is 10.0. The normalized spacial score (nSPS) is 18.1. The predicted molar refractivity (Wildman–Crippen MR) is 118 cm³/mol. The van der Waals surface area contributed by atoms with Crippen LogP contribution in [0.15, 0.2) is 43.9 Å². The fraction of sp³-hybridized carbons (Fsp3) is 0.263.